The van der Waals surface area contributed by atoms with Crippen LogP contribution in [0, 0.1) is 12.7 Å². The van der Waals surface area contributed by atoms with Gasteiger partial charge in [-0.15, -0.1) is 0 Å². The van der Waals surface area contributed by atoms with Crippen LogP contribution in [0.25, 0.3) is 0 Å². The van der Waals surface area contributed by atoms with Gasteiger partial charge in [-0.05, 0) is 38.5 Å². The first kappa shape index (κ1) is 10.5. The topological polar surface area (TPSA) is 20.2 Å². The Labute approximate surface area is 82.2 Å². The van der Waals surface area contributed by atoms with E-state index in [1.54, 1.807) is 26.8 Å². The molecule has 1 N–H and O–H groups in total. The Morgan fingerprint density at radius 2 is 1.92 bits per heavy atom. The summed E-state index contributed by atoms with van der Waals surface area (Å²) in [4.78, 5) is 0. The van der Waals surface area contributed by atoms with Crippen LogP contribution < -0.4 is 0 Å². The van der Waals surface area contributed by atoms with Crippen molar-refractivity contribution in [1.29, 1.82) is 0 Å². The molecule has 0 unspecified atom stereocenters. The summed E-state index contributed by atoms with van der Waals surface area (Å²) in [5.41, 5.74) is -0.131. The number of rotatable bonds is 1. The van der Waals surface area contributed by atoms with Crippen molar-refractivity contribution in [3.05, 3.63) is 34.1 Å². The van der Waals surface area contributed by atoms with Crippen LogP contribution in [-0.2, 0) is 5.60 Å². The molecule has 0 aliphatic rings. The Kier molecular flexibility index (Phi) is 2.64. The van der Waals surface area contributed by atoms with Crippen LogP contribution in [0.2, 0.25) is 5.02 Å². The summed E-state index contributed by atoms with van der Waals surface area (Å²) >= 11 is 5.71. The molecule has 0 aromatic heterocycles. The number of aryl methyl sites for hydroxylation is 1. The minimum Gasteiger partial charge on any atom is -0.386 e. The van der Waals surface area contributed by atoms with Crippen LogP contribution in [-0.4, -0.2) is 5.11 Å². The summed E-state index contributed by atoms with van der Waals surface area (Å²) in [5, 5.41) is 9.98. The minimum atomic E-state index is -1.17. The van der Waals surface area contributed by atoms with Crippen LogP contribution in [0.1, 0.15) is 25.0 Å². The standard InChI is InChI=1S/C10H12ClFO/c1-6-4-7(10(2,3)13)9(12)5-8(6)11/h4-5,13H,1-3H3. The van der Waals surface area contributed by atoms with Gasteiger partial charge >= 0.3 is 0 Å². The van der Waals surface area contributed by atoms with E-state index in [0.29, 0.717) is 5.02 Å². The zero-order chi connectivity index (χ0) is 10.2. The molecule has 0 saturated heterocycles. The molecule has 0 saturated carbocycles. The predicted octanol–water partition coefficient (Wildman–Crippen LogP) is 3.01. The van der Waals surface area contributed by atoms with E-state index in [-0.39, 0.29) is 5.56 Å². The maximum Gasteiger partial charge on any atom is 0.130 e. The lowest BCUT2D eigenvalue weighted by molar-refractivity contribution is 0.0745. The molecule has 1 aromatic rings. The number of benzene rings is 1. The fourth-order valence-electron chi connectivity index (χ4n) is 1.13. The van der Waals surface area contributed by atoms with E-state index in [2.05, 4.69) is 0 Å². The molecule has 0 aliphatic carbocycles. The lowest BCUT2D eigenvalue weighted by Crippen LogP contribution is -2.17. The van der Waals surface area contributed by atoms with Gasteiger partial charge in [0.05, 0.1) is 5.60 Å². The molecule has 1 aromatic carbocycles. The fourth-order valence-corrected chi connectivity index (χ4v) is 1.28. The molecular formula is C10H12ClFO. The van der Waals surface area contributed by atoms with E-state index in [4.69, 9.17) is 11.6 Å². The van der Waals surface area contributed by atoms with E-state index in [9.17, 15) is 9.50 Å². The van der Waals surface area contributed by atoms with Crippen molar-refractivity contribution >= 4 is 11.6 Å². The third kappa shape index (κ3) is 2.20. The SMILES string of the molecule is Cc1cc(C(C)(C)O)c(F)cc1Cl. The summed E-state index contributed by atoms with van der Waals surface area (Å²) in [6, 6.07) is 2.79. The van der Waals surface area contributed by atoms with Crippen LogP contribution >= 0.6 is 11.6 Å². The van der Waals surface area contributed by atoms with Crippen molar-refractivity contribution < 1.29 is 9.50 Å². The van der Waals surface area contributed by atoms with Crippen LogP contribution in [0.5, 0.6) is 0 Å². The van der Waals surface area contributed by atoms with Crippen molar-refractivity contribution in [3.63, 3.8) is 0 Å². The van der Waals surface area contributed by atoms with Crippen molar-refractivity contribution in [2.24, 2.45) is 0 Å². The summed E-state index contributed by atoms with van der Waals surface area (Å²) in [6.45, 7) is 4.86. The molecule has 72 valence electrons. The smallest absolute Gasteiger partial charge is 0.130 e. The Bertz CT molecular complexity index is 328. The van der Waals surface area contributed by atoms with E-state index < -0.39 is 11.4 Å². The Morgan fingerprint density at radius 3 is 2.38 bits per heavy atom. The zero-order valence-corrected chi connectivity index (χ0v) is 8.61. The lowest BCUT2D eigenvalue weighted by atomic mass is 9.96. The maximum atomic E-state index is 13.3. The van der Waals surface area contributed by atoms with Gasteiger partial charge in [0, 0.05) is 10.6 Å². The highest BCUT2D eigenvalue weighted by atomic mass is 35.5. The van der Waals surface area contributed by atoms with Crippen molar-refractivity contribution in [3.8, 4) is 0 Å². The van der Waals surface area contributed by atoms with Crippen molar-refractivity contribution in [2.45, 2.75) is 26.4 Å². The van der Waals surface area contributed by atoms with Gasteiger partial charge in [-0.2, -0.15) is 0 Å². The van der Waals surface area contributed by atoms with Gasteiger partial charge in [-0.1, -0.05) is 11.6 Å². The van der Waals surface area contributed by atoms with Crippen LogP contribution in [0.15, 0.2) is 12.1 Å². The van der Waals surface area contributed by atoms with Crippen molar-refractivity contribution in [2.75, 3.05) is 0 Å². The van der Waals surface area contributed by atoms with Crippen LogP contribution in [0.3, 0.4) is 0 Å². The third-order valence-corrected chi connectivity index (χ3v) is 2.31. The molecule has 1 nitrogen and oxygen atoms in total. The monoisotopic (exact) mass is 202 g/mol. The normalized spacial score (nSPS) is 11.8. The first-order valence-electron chi connectivity index (χ1n) is 4.01. The summed E-state index contributed by atoms with van der Waals surface area (Å²) in [5.74, 6) is -0.469. The van der Waals surface area contributed by atoms with Gasteiger partial charge in [0.15, 0.2) is 0 Å². The lowest BCUT2D eigenvalue weighted by Gasteiger charge is -2.19. The summed E-state index contributed by atoms with van der Waals surface area (Å²) in [6.07, 6.45) is 0. The molecule has 13 heavy (non-hydrogen) atoms. The van der Waals surface area contributed by atoms with E-state index in [1.807, 2.05) is 0 Å². The molecule has 0 aliphatic heterocycles. The zero-order valence-electron chi connectivity index (χ0n) is 7.86. The van der Waals surface area contributed by atoms with Gasteiger partial charge in [-0.25, -0.2) is 4.39 Å². The highest BCUT2D eigenvalue weighted by Crippen LogP contribution is 2.27. The number of hydrogen-bond acceptors (Lipinski definition) is 1. The second kappa shape index (κ2) is 3.28. The van der Waals surface area contributed by atoms with Gasteiger partial charge < -0.3 is 5.11 Å². The molecular weight excluding hydrogens is 191 g/mol. The first-order valence-corrected chi connectivity index (χ1v) is 4.38. The molecule has 1 rings (SSSR count). The quantitative estimate of drug-likeness (QED) is 0.742. The highest BCUT2D eigenvalue weighted by Gasteiger charge is 2.21. The Morgan fingerprint density at radius 1 is 1.38 bits per heavy atom. The van der Waals surface area contributed by atoms with Gasteiger partial charge in [0.2, 0.25) is 0 Å². The molecule has 0 heterocycles. The molecule has 0 bridgehead atoms. The fraction of sp³-hybridized carbons (Fsp3) is 0.400. The maximum absolute atomic E-state index is 13.3. The van der Waals surface area contributed by atoms with Crippen LogP contribution in [0.4, 0.5) is 4.39 Å². The van der Waals surface area contributed by atoms with Gasteiger partial charge in [-0.3, -0.25) is 0 Å². The third-order valence-electron chi connectivity index (χ3n) is 1.91. The average molecular weight is 203 g/mol. The number of hydrogen-bond donors (Lipinski definition) is 1. The van der Waals surface area contributed by atoms with E-state index >= 15 is 0 Å². The molecule has 0 amide bonds. The average Bonchev–Trinajstić information content (AvgIpc) is 1.94. The summed E-state index contributed by atoms with van der Waals surface area (Å²) in [7, 11) is 0. The largest absolute Gasteiger partial charge is 0.386 e. The van der Waals surface area contributed by atoms with Gasteiger partial charge in [0.25, 0.3) is 0 Å². The predicted molar refractivity (Wildman–Crippen MR) is 51.4 cm³/mol. The molecule has 0 atom stereocenters. The first-order chi connectivity index (χ1) is 5.82. The molecule has 3 heteroatoms. The van der Waals surface area contributed by atoms with Crippen molar-refractivity contribution in [1.82, 2.24) is 0 Å². The Balaban J connectivity index is 3.32. The van der Waals surface area contributed by atoms with Gasteiger partial charge in [0.1, 0.15) is 5.82 Å². The summed E-state index contributed by atoms with van der Waals surface area (Å²) < 4.78 is 13.3. The van der Waals surface area contributed by atoms with E-state index in [1.165, 1.54) is 6.07 Å². The molecule has 0 fully saturated rings. The number of aliphatic hydroxyl groups is 1. The minimum absolute atomic E-state index is 0.273. The van der Waals surface area contributed by atoms with E-state index in [0.717, 1.165) is 5.56 Å². The second-order valence-electron chi connectivity index (χ2n) is 3.64. The highest BCUT2D eigenvalue weighted by molar-refractivity contribution is 6.31. The molecule has 0 spiro atoms. The second-order valence-corrected chi connectivity index (χ2v) is 4.05. The molecule has 0 radical (unpaired) electrons. The number of halogens is 2. The Hall–Kier alpha value is -0.600.